The number of sulfone groups is 1. The number of carbonyl (C=O) groups is 1. The van der Waals surface area contributed by atoms with Crippen LogP contribution in [0.3, 0.4) is 0 Å². The van der Waals surface area contributed by atoms with Gasteiger partial charge in [-0.1, -0.05) is 25.1 Å². The summed E-state index contributed by atoms with van der Waals surface area (Å²) in [5.41, 5.74) is 2.23. The lowest BCUT2D eigenvalue weighted by Crippen LogP contribution is -2.36. The number of pyridine rings is 1. The Morgan fingerprint density at radius 3 is 2.48 bits per heavy atom. The van der Waals surface area contributed by atoms with Crippen molar-refractivity contribution in [1.82, 2.24) is 4.98 Å². The van der Waals surface area contributed by atoms with Gasteiger partial charge < -0.3 is 5.32 Å². The molecule has 1 aromatic heterocycles. The lowest BCUT2D eigenvalue weighted by atomic mass is 10.1. The third-order valence-electron chi connectivity index (χ3n) is 3.91. The van der Waals surface area contributed by atoms with Crippen LogP contribution in [0.25, 0.3) is 10.9 Å². The number of fused-ring (bicyclic) bond motifs is 1. The molecule has 6 heteroatoms. The van der Waals surface area contributed by atoms with Gasteiger partial charge in [-0.25, -0.2) is 8.42 Å². The van der Waals surface area contributed by atoms with Crippen LogP contribution in [0.1, 0.15) is 33.4 Å². The fraction of sp³-hybridized carbons (Fsp3) is 0.412. The van der Waals surface area contributed by atoms with Gasteiger partial charge in [0.1, 0.15) is 5.25 Å². The number of rotatable bonds is 5. The lowest BCUT2D eigenvalue weighted by Gasteiger charge is -2.17. The van der Waals surface area contributed by atoms with Crippen molar-refractivity contribution >= 4 is 32.3 Å². The average Bonchev–Trinajstić information content (AvgIpc) is 2.53. The number of anilines is 1. The maximum Gasteiger partial charge on any atom is 0.242 e. The van der Waals surface area contributed by atoms with Gasteiger partial charge in [0.2, 0.25) is 5.91 Å². The Hall–Kier alpha value is -1.95. The van der Waals surface area contributed by atoms with E-state index < -0.39 is 26.2 Å². The van der Waals surface area contributed by atoms with E-state index in [-0.39, 0.29) is 0 Å². The number of nitrogens with one attached hydrogen (secondary N) is 1. The summed E-state index contributed by atoms with van der Waals surface area (Å²) in [6.45, 7) is 6.57. The monoisotopic (exact) mass is 334 g/mol. The normalized spacial score (nSPS) is 13.3. The highest BCUT2D eigenvalue weighted by atomic mass is 32.2. The van der Waals surface area contributed by atoms with Gasteiger partial charge in [0.15, 0.2) is 9.84 Å². The Morgan fingerprint density at radius 2 is 1.87 bits per heavy atom. The number of para-hydroxylation sites is 1. The van der Waals surface area contributed by atoms with Crippen molar-refractivity contribution < 1.29 is 13.2 Å². The molecule has 0 saturated carbocycles. The number of carbonyl (C=O) groups excluding carboxylic acids is 1. The summed E-state index contributed by atoms with van der Waals surface area (Å²) in [6.07, 6.45) is 0.730. The number of benzene rings is 1. The van der Waals surface area contributed by atoms with Gasteiger partial charge in [0.05, 0.1) is 16.5 Å². The van der Waals surface area contributed by atoms with Crippen LogP contribution < -0.4 is 5.32 Å². The average molecular weight is 334 g/mol. The minimum atomic E-state index is -3.49. The first-order valence-electron chi connectivity index (χ1n) is 7.69. The van der Waals surface area contributed by atoms with Crippen LogP contribution >= 0.6 is 0 Å². The fourth-order valence-corrected chi connectivity index (χ4v) is 3.48. The van der Waals surface area contributed by atoms with Crippen molar-refractivity contribution in [2.24, 2.45) is 0 Å². The molecule has 0 spiro atoms. The topological polar surface area (TPSA) is 76.1 Å². The molecule has 1 aromatic carbocycles. The molecular weight excluding hydrogens is 312 g/mol. The molecule has 1 heterocycles. The van der Waals surface area contributed by atoms with E-state index in [1.54, 1.807) is 19.9 Å². The number of hydrogen-bond acceptors (Lipinski definition) is 4. The minimum absolute atomic E-state index is 0.517. The zero-order valence-electron chi connectivity index (χ0n) is 13.8. The molecule has 5 nitrogen and oxygen atoms in total. The molecule has 124 valence electrons. The van der Waals surface area contributed by atoms with Crippen molar-refractivity contribution in [2.45, 2.75) is 44.6 Å². The van der Waals surface area contributed by atoms with E-state index in [1.807, 2.05) is 31.2 Å². The van der Waals surface area contributed by atoms with Gasteiger partial charge in [0.25, 0.3) is 0 Å². The van der Waals surface area contributed by atoms with Crippen LogP contribution in [-0.4, -0.2) is 29.8 Å². The molecule has 1 N–H and O–H groups in total. The van der Waals surface area contributed by atoms with E-state index >= 15 is 0 Å². The van der Waals surface area contributed by atoms with Crippen LogP contribution in [0, 0.1) is 0 Å². The molecule has 1 atom stereocenters. The van der Waals surface area contributed by atoms with Crippen LogP contribution in [0.5, 0.6) is 0 Å². The van der Waals surface area contributed by atoms with E-state index in [4.69, 9.17) is 0 Å². The quantitative estimate of drug-likeness (QED) is 0.912. The highest BCUT2D eigenvalue weighted by Crippen LogP contribution is 2.24. The van der Waals surface area contributed by atoms with Gasteiger partial charge in [-0.3, -0.25) is 9.78 Å². The molecule has 0 radical (unpaired) electrons. The van der Waals surface area contributed by atoms with Gasteiger partial charge in [0, 0.05) is 11.1 Å². The summed E-state index contributed by atoms with van der Waals surface area (Å²) in [6, 6.07) is 9.28. The van der Waals surface area contributed by atoms with E-state index in [2.05, 4.69) is 10.3 Å². The summed E-state index contributed by atoms with van der Waals surface area (Å²) in [5, 5.41) is 1.87. The molecule has 2 aromatic rings. The van der Waals surface area contributed by atoms with Gasteiger partial charge in [-0.05, 0) is 39.3 Å². The first-order valence-corrected chi connectivity index (χ1v) is 9.30. The second kappa shape index (κ2) is 6.66. The number of nitrogens with zero attached hydrogens (tertiary/aromatic N) is 1. The van der Waals surface area contributed by atoms with Crippen molar-refractivity contribution in [3.05, 3.63) is 36.0 Å². The third kappa shape index (κ3) is 3.52. The molecule has 0 saturated heterocycles. The van der Waals surface area contributed by atoms with Gasteiger partial charge >= 0.3 is 0 Å². The zero-order chi connectivity index (χ0) is 17.2. The highest BCUT2D eigenvalue weighted by molar-refractivity contribution is 7.93. The van der Waals surface area contributed by atoms with Gasteiger partial charge in [-0.15, -0.1) is 0 Å². The van der Waals surface area contributed by atoms with Gasteiger partial charge in [-0.2, -0.15) is 0 Å². The predicted octanol–water partition coefficient (Wildman–Crippen LogP) is 2.95. The van der Waals surface area contributed by atoms with Crippen LogP contribution in [0.15, 0.2) is 30.3 Å². The van der Waals surface area contributed by atoms with Crippen molar-refractivity contribution in [3.63, 3.8) is 0 Å². The first kappa shape index (κ1) is 17.4. The van der Waals surface area contributed by atoms with Crippen molar-refractivity contribution in [3.8, 4) is 0 Å². The maximum atomic E-state index is 12.4. The van der Waals surface area contributed by atoms with Crippen LogP contribution in [0.4, 0.5) is 5.69 Å². The summed E-state index contributed by atoms with van der Waals surface area (Å²) >= 11 is 0. The predicted molar refractivity (Wildman–Crippen MR) is 93.3 cm³/mol. The molecule has 23 heavy (non-hydrogen) atoms. The molecule has 2 rings (SSSR count). The Kier molecular flexibility index (Phi) is 5.04. The van der Waals surface area contributed by atoms with Crippen LogP contribution in [0.2, 0.25) is 0 Å². The largest absolute Gasteiger partial charge is 0.324 e. The Balaban J connectivity index is 2.40. The molecule has 0 unspecified atom stereocenters. The number of amides is 1. The van der Waals surface area contributed by atoms with E-state index in [0.29, 0.717) is 5.69 Å². The molecular formula is C17H22N2O3S. The summed E-state index contributed by atoms with van der Waals surface area (Å²) < 4.78 is 24.4. The Morgan fingerprint density at radius 1 is 1.22 bits per heavy atom. The van der Waals surface area contributed by atoms with E-state index in [0.717, 1.165) is 23.0 Å². The maximum absolute atomic E-state index is 12.4. The summed E-state index contributed by atoms with van der Waals surface area (Å²) in [5.74, 6) is -0.517. The standard InChI is InChI=1S/C17H22N2O3S/c1-5-13-10-16(14-8-6-7-9-15(14)18-13)19-17(20)12(4)23(21,22)11(2)3/h6-12H,5H2,1-4H3,(H,18,19,20)/t12-/m0/s1. The molecule has 0 aliphatic heterocycles. The van der Waals surface area contributed by atoms with E-state index in [1.165, 1.54) is 6.92 Å². The fourth-order valence-electron chi connectivity index (χ4n) is 2.31. The molecule has 0 bridgehead atoms. The van der Waals surface area contributed by atoms with E-state index in [9.17, 15) is 13.2 Å². The second-order valence-corrected chi connectivity index (χ2v) is 8.63. The highest BCUT2D eigenvalue weighted by Gasteiger charge is 2.31. The van der Waals surface area contributed by atoms with Crippen LogP contribution in [-0.2, 0) is 21.1 Å². The first-order chi connectivity index (χ1) is 10.8. The minimum Gasteiger partial charge on any atom is -0.324 e. The molecule has 0 aliphatic rings. The second-order valence-electron chi connectivity index (χ2n) is 5.80. The summed E-state index contributed by atoms with van der Waals surface area (Å²) in [7, 11) is -3.49. The number of aromatic nitrogens is 1. The molecule has 1 amide bonds. The SMILES string of the molecule is CCc1cc(NC(=O)[C@H](C)S(=O)(=O)C(C)C)c2ccccc2n1. The summed E-state index contributed by atoms with van der Waals surface area (Å²) in [4.78, 5) is 16.9. The molecule has 0 fully saturated rings. The smallest absolute Gasteiger partial charge is 0.242 e. The third-order valence-corrected chi connectivity index (χ3v) is 6.42. The van der Waals surface area contributed by atoms with Crippen molar-refractivity contribution in [1.29, 1.82) is 0 Å². The lowest BCUT2D eigenvalue weighted by molar-refractivity contribution is -0.115. The van der Waals surface area contributed by atoms with Crippen molar-refractivity contribution in [2.75, 3.05) is 5.32 Å². The Labute approximate surface area is 137 Å². The zero-order valence-corrected chi connectivity index (χ0v) is 14.6. The number of hydrogen-bond donors (Lipinski definition) is 1. The molecule has 0 aliphatic carbocycles. The number of aryl methyl sites for hydroxylation is 1. The Bertz CT molecular complexity index is 829.